The molecule has 0 aliphatic carbocycles. The average molecular weight is 343 g/mol. The molecule has 1 aliphatic heterocycles. The Morgan fingerprint density at radius 3 is 2.80 bits per heavy atom. The van der Waals surface area contributed by atoms with E-state index >= 15 is 0 Å². The third-order valence-electron chi connectivity index (χ3n) is 4.19. The van der Waals surface area contributed by atoms with E-state index in [4.69, 9.17) is 0 Å². The molecule has 0 radical (unpaired) electrons. The molecule has 2 N–H and O–H groups in total. The van der Waals surface area contributed by atoms with Crippen LogP contribution in [-0.4, -0.2) is 29.4 Å². The van der Waals surface area contributed by atoms with E-state index < -0.39 is 23.2 Å². The molecule has 1 aliphatic rings. The number of halogens is 1. The minimum absolute atomic E-state index is 0.0542. The Kier molecular flexibility index (Phi) is 4.65. The molecule has 2 amide bonds. The summed E-state index contributed by atoms with van der Waals surface area (Å²) in [5.74, 6) is -1.49. The number of benzene rings is 1. The molecule has 1 fully saturated rings. The standard InChI is InChI=1S/C18H18FN3O3/c1-11-9-16(23)12(10-20-11)17(24)21-14-6-4-8-22(18(14)25)15-7-3-2-5-13(15)19/h2-3,5,7,9-10,14H,4,6,8H2,1H3,(H,20,23)(H,21,24)/t14-/m0/s1. The van der Waals surface area contributed by atoms with Gasteiger partial charge in [0.1, 0.15) is 17.4 Å². The maximum absolute atomic E-state index is 14.0. The second-order valence-electron chi connectivity index (χ2n) is 6.00. The summed E-state index contributed by atoms with van der Waals surface area (Å²) in [7, 11) is 0. The average Bonchev–Trinajstić information content (AvgIpc) is 2.57. The van der Waals surface area contributed by atoms with Gasteiger partial charge in [-0.15, -0.1) is 0 Å². The first-order chi connectivity index (χ1) is 12.0. The zero-order valence-corrected chi connectivity index (χ0v) is 13.7. The number of nitrogens with zero attached hydrogens (tertiary/aromatic N) is 1. The number of para-hydroxylation sites is 1. The van der Waals surface area contributed by atoms with E-state index in [0.29, 0.717) is 25.1 Å². The highest BCUT2D eigenvalue weighted by molar-refractivity contribution is 6.02. The first-order valence-corrected chi connectivity index (χ1v) is 8.03. The molecule has 0 saturated carbocycles. The van der Waals surface area contributed by atoms with Gasteiger partial charge in [0.2, 0.25) is 5.91 Å². The van der Waals surface area contributed by atoms with E-state index in [1.165, 1.54) is 29.3 Å². The Morgan fingerprint density at radius 1 is 1.32 bits per heavy atom. The van der Waals surface area contributed by atoms with Gasteiger partial charge < -0.3 is 15.2 Å². The highest BCUT2D eigenvalue weighted by Gasteiger charge is 2.32. The van der Waals surface area contributed by atoms with Gasteiger partial charge in [-0.2, -0.15) is 0 Å². The number of hydrogen-bond acceptors (Lipinski definition) is 3. The smallest absolute Gasteiger partial charge is 0.257 e. The Balaban J connectivity index is 1.79. The lowest BCUT2D eigenvalue weighted by atomic mass is 10.0. The number of carbonyl (C=O) groups excluding carboxylic acids is 2. The number of H-pyrrole nitrogens is 1. The topological polar surface area (TPSA) is 82.3 Å². The number of anilines is 1. The summed E-state index contributed by atoms with van der Waals surface area (Å²) in [6, 6.07) is 6.55. The largest absolute Gasteiger partial charge is 0.364 e. The number of aromatic nitrogens is 1. The first kappa shape index (κ1) is 16.9. The number of carbonyl (C=O) groups is 2. The molecule has 0 unspecified atom stereocenters. The quantitative estimate of drug-likeness (QED) is 0.891. The minimum atomic E-state index is -0.790. The van der Waals surface area contributed by atoms with E-state index in [9.17, 15) is 18.8 Å². The maximum Gasteiger partial charge on any atom is 0.257 e. The number of amides is 2. The Bertz CT molecular complexity index is 878. The molecule has 25 heavy (non-hydrogen) atoms. The summed E-state index contributed by atoms with van der Waals surface area (Å²) >= 11 is 0. The van der Waals surface area contributed by atoms with Crippen molar-refractivity contribution in [2.75, 3.05) is 11.4 Å². The summed E-state index contributed by atoms with van der Waals surface area (Å²) in [6.07, 6.45) is 2.39. The second-order valence-corrected chi connectivity index (χ2v) is 6.00. The fourth-order valence-electron chi connectivity index (χ4n) is 2.91. The van der Waals surface area contributed by atoms with Crippen LogP contribution in [0.2, 0.25) is 0 Å². The Labute approximate surface area is 143 Å². The van der Waals surface area contributed by atoms with E-state index in [1.807, 2.05) is 0 Å². The molecular weight excluding hydrogens is 325 g/mol. The molecule has 2 heterocycles. The number of rotatable bonds is 3. The van der Waals surface area contributed by atoms with Crippen molar-refractivity contribution >= 4 is 17.5 Å². The van der Waals surface area contributed by atoms with Gasteiger partial charge in [0.05, 0.1) is 5.69 Å². The van der Waals surface area contributed by atoms with Crippen molar-refractivity contribution in [1.82, 2.24) is 10.3 Å². The number of piperidine rings is 1. The van der Waals surface area contributed by atoms with Gasteiger partial charge >= 0.3 is 0 Å². The first-order valence-electron chi connectivity index (χ1n) is 8.03. The second kappa shape index (κ2) is 6.88. The van der Waals surface area contributed by atoms with Crippen LogP contribution in [0.3, 0.4) is 0 Å². The van der Waals surface area contributed by atoms with Gasteiger partial charge in [0, 0.05) is 24.5 Å². The van der Waals surface area contributed by atoms with Crippen molar-refractivity contribution in [3.63, 3.8) is 0 Å². The summed E-state index contributed by atoms with van der Waals surface area (Å²) < 4.78 is 14.0. The van der Waals surface area contributed by atoms with Crippen LogP contribution in [0, 0.1) is 12.7 Å². The lowest BCUT2D eigenvalue weighted by molar-refractivity contribution is -0.121. The summed E-state index contributed by atoms with van der Waals surface area (Å²) in [5, 5.41) is 2.59. The van der Waals surface area contributed by atoms with Crippen LogP contribution in [-0.2, 0) is 4.79 Å². The Hall–Kier alpha value is -2.96. The molecule has 0 bridgehead atoms. The van der Waals surface area contributed by atoms with Crippen molar-refractivity contribution in [3.05, 3.63) is 63.8 Å². The zero-order chi connectivity index (χ0) is 18.0. The van der Waals surface area contributed by atoms with Crippen molar-refractivity contribution in [2.24, 2.45) is 0 Å². The molecule has 1 saturated heterocycles. The summed E-state index contributed by atoms with van der Waals surface area (Å²) in [5.41, 5.74) is 0.366. The number of nitrogens with one attached hydrogen (secondary N) is 2. The van der Waals surface area contributed by atoms with Crippen LogP contribution in [0.1, 0.15) is 28.9 Å². The lowest BCUT2D eigenvalue weighted by Gasteiger charge is -2.32. The van der Waals surface area contributed by atoms with Gasteiger partial charge in [-0.05, 0) is 31.9 Å². The zero-order valence-electron chi connectivity index (χ0n) is 13.7. The van der Waals surface area contributed by atoms with Gasteiger partial charge in [0.25, 0.3) is 5.91 Å². The van der Waals surface area contributed by atoms with Crippen LogP contribution >= 0.6 is 0 Å². The number of pyridine rings is 1. The number of aromatic amines is 1. The SMILES string of the molecule is Cc1cc(=O)c(C(=O)N[C@H]2CCCN(c3ccccc3F)C2=O)c[nH]1. The van der Waals surface area contributed by atoms with E-state index in [1.54, 1.807) is 19.1 Å². The molecule has 3 rings (SSSR count). The highest BCUT2D eigenvalue weighted by Crippen LogP contribution is 2.24. The predicted molar refractivity (Wildman–Crippen MR) is 91.0 cm³/mol. The van der Waals surface area contributed by atoms with Crippen molar-refractivity contribution < 1.29 is 14.0 Å². The van der Waals surface area contributed by atoms with Crippen LogP contribution in [0.25, 0.3) is 0 Å². The van der Waals surface area contributed by atoms with Crippen LogP contribution < -0.4 is 15.6 Å². The van der Waals surface area contributed by atoms with Crippen molar-refractivity contribution in [2.45, 2.75) is 25.8 Å². The molecular formula is C18H18FN3O3. The van der Waals surface area contributed by atoms with Crippen molar-refractivity contribution in [3.8, 4) is 0 Å². The molecule has 130 valence electrons. The summed E-state index contributed by atoms with van der Waals surface area (Å²) in [6.45, 7) is 2.09. The van der Waals surface area contributed by atoms with Crippen LogP contribution in [0.15, 0.2) is 41.3 Å². The normalized spacial score (nSPS) is 17.4. The van der Waals surface area contributed by atoms with Gasteiger partial charge in [-0.3, -0.25) is 14.4 Å². The van der Waals surface area contributed by atoms with Crippen molar-refractivity contribution in [1.29, 1.82) is 0 Å². The van der Waals surface area contributed by atoms with Gasteiger partial charge in [-0.25, -0.2) is 4.39 Å². The van der Waals surface area contributed by atoms with E-state index in [2.05, 4.69) is 10.3 Å². The van der Waals surface area contributed by atoms with Crippen LogP contribution in [0.5, 0.6) is 0 Å². The molecule has 6 nitrogen and oxygen atoms in total. The fraction of sp³-hybridized carbons (Fsp3) is 0.278. The highest BCUT2D eigenvalue weighted by atomic mass is 19.1. The van der Waals surface area contributed by atoms with Gasteiger partial charge in [-0.1, -0.05) is 12.1 Å². The number of aryl methyl sites for hydroxylation is 1. The molecule has 2 aromatic rings. The molecule has 0 spiro atoms. The van der Waals surface area contributed by atoms with E-state index in [-0.39, 0.29) is 17.2 Å². The fourth-order valence-corrected chi connectivity index (χ4v) is 2.91. The third kappa shape index (κ3) is 3.45. The number of hydrogen-bond donors (Lipinski definition) is 2. The monoisotopic (exact) mass is 343 g/mol. The molecule has 7 heteroatoms. The van der Waals surface area contributed by atoms with E-state index in [0.717, 1.165) is 0 Å². The molecule has 1 aromatic carbocycles. The lowest BCUT2D eigenvalue weighted by Crippen LogP contribution is -2.53. The maximum atomic E-state index is 14.0. The minimum Gasteiger partial charge on any atom is -0.364 e. The van der Waals surface area contributed by atoms with Crippen LogP contribution in [0.4, 0.5) is 10.1 Å². The third-order valence-corrected chi connectivity index (χ3v) is 4.19. The molecule has 1 aromatic heterocycles. The predicted octanol–water partition coefficient (Wildman–Crippen LogP) is 1.75. The van der Waals surface area contributed by atoms with Gasteiger partial charge in [0.15, 0.2) is 5.43 Å². The molecule has 1 atom stereocenters. The Morgan fingerprint density at radius 2 is 2.08 bits per heavy atom. The summed E-state index contributed by atoms with van der Waals surface area (Å²) in [4.78, 5) is 41.0.